The fraction of sp³-hybridized carbons (Fsp3) is 0.455. The molecular weight excluding hydrogens is 148 g/mol. The Balaban J connectivity index is 4.50. The highest BCUT2D eigenvalue weighted by molar-refractivity contribution is 5.24. The van der Waals surface area contributed by atoms with Gasteiger partial charge in [0.1, 0.15) is 5.60 Å². The highest BCUT2D eigenvalue weighted by Gasteiger charge is 2.26. The number of hydrogen-bond acceptors (Lipinski definition) is 1. The van der Waals surface area contributed by atoms with Crippen LogP contribution in [0.15, 0.2) is 37.0 Å². The van der Waals surface area contributed by atoms with Crippen molar-refractivity contribution in [1.82, 2.24) is 0 Å². The van der Waals surface area contributed by atoms with Crippen LogP contribution >= 0.6 is 0 Å². The Morgan fingerprint density at radius 2 is 1.75 bits per heavy atom. The average molecular weight is 166 g/mol. The Morgan fingerprint density at radius 3 is 2.00 bits per heavy atom. The minimum absolute atomic E-state index is 0.409. The second-order valence-electron chi connectivity index (χ2n) is 3.19. The van der Waals surface area contributed by atoms with E-state index >= 15 is 0 Å². The highest BCUT2D eigenvalue weighted by Crippen LogP contribution is 2.26. The fourth-order valence-electron chi connectivity index (χ4n) is 0.836. The van der Waals surface area contributed by atoms with Crippen molar-refractivity contribution in [1.29, 1.82) is 0 Å². The molecule has 0 atom stereocenters. The van der Waals surface area contributed by atoms with Crippen molar-refractivity contribution in [2.45, 2.75) is 26.4 Å². The van der Waals surface area contributed by atoms with Gasteiger partial charge in [-0.15, -0.1) is 6.58 Å². The second-order valence-corrected chi connectivity index (χ2v) is 3.19. The molecule has 0 radical (unpaired) electrons. The van der Waals surface area contributed by atoms with Gasteiger partial charge >= 0.3 is 0 Å². The van der Waals surface area contributed by atoms with E-state index < -0.39 is 5.60 Å². The second kappa shape index (κ2) is 4.27. The van der Waals surface area contributed by atoms with Crippen LogP contribution in [0.25, 0.3) is 0 Å². The Kier molecular flexibility index (Phi) is 3.98. The molecule has 0 rings (SSSR count). The molecule has 1 heteroatoms. The third kappa shape index (κ3) is 2.35. The Bertz CT molecular complexity index is 187. The summed E-state index contributed by atoms with van der Waals surface area (Å²) in [6.45, 7) is 17.7. The van der Waals surface area contributed by atoms with E-state index in [1.807, 2.05) is 20.8 Å². The summed E-state index contributed by atoms with van der Waals surface area (Å²) in [7, 11) is 0. The van der Waals surface area contributed by atoms with Crippen molar-refractivity contribution in [3.63, 3.8) is 0 Å². The van der Waals surface area contributed by atoms with Crippen LogP contribution in [0.1, 0.15) is 20.8 Å². The van der Waals surface area contributed by atoms with Gasteiger partial charge in [-0.05, 0) is 31.9 Å². The van der Waals surface area contributed by atoms with E-state index in [9.17, 15) is 0 Å². The summed E-state index contributed by atoms with van der Waals surface area (Å²) in [6.07, 6.45) is 1.73. The van der Waals surface area contributed by atoms with Gasteiger partial charge in [0.15, 0.2) is 0 Å². The third-order valence-corrected chi connectivity index (χ3v) is 2.12. The molecule has 0 unspecified atom stereocenters. The van der Waals surface area contributed by atoms with E-state index in [2.05, 4.69) is 19.7 Å². The first kappa shape index (κ1) is 11.2. The van der Waals surface area contributed by atoms with Crippen molar-refractivity contribution in [3.8, 4) is 0 Å². The topological polar surface area (TPSA) is 9.23 Å². The zero-order chi connectivity index (χ0) is 9.78. The molecule has 0 fully saturated rings. The van der Waals surface area contributed by atoms with Gasteiger partial charge in [-0.25, -0.2) is 0 Å². The maximum atomic E-state index is 5.58. The van der Waals surface area contributed by atoms with Crippen LogP contribution in [0.5, 0.6) is 0 Å². The minimum atomic E-state index is -0.409. The van der Waals surface area contributed by atoms with Gasteiger partial charge in [0.05, 0.1) is 6.61 Å². The lowest BCUT2D eigenvalue weighted by Crippen LogP contribution is -2.30. The summed E-state index contributed by atoms with van der Waals surface area (Å²) in [6, 6.07) is 0. The largest absolute Gasteiger partial charge is 0.363 e. The Labute approximate surface area is 75.4 Å². The molecule has 1 nitrogen and oxygen atoms in total. The summed E-state index contributed by atoms with van der Waals surface area (Å²) in [5, 5.41) is 0. The molecule has 0 aliphatic carbocycles. The van der Waals surface area contributed by atoms with Crippen molar-refractivity contribution in [2.75, 3.05) is 6.61 Å². The van der Waals surface area contributed by atoms with E-state index in [1.165, 1.54) is 0 Å². The molecule has 68 valence electrons. The monoisotopic (exact) mass is 166 g/mol. The normalized spacial score (nSPS) is 10.9. The third-order valence-electron chi connectivity index (χ3n) is 2.12. The predicted molar refractivity (Wildman–Crippen MR) is 54.2 cm³/mol. The summed E-state index contributed by atoms with van der Waals surface area (Å²) in [5.41, 5.74) is 1.53. The molecule has 0 bridgehead atoms. The molecule has 0 aliphatic heterocycles. The van der Waals surface area contributed by atoms with Crippen LogP contribution in [0.3, 0.4) is 0 Å². The molecule has 0 heterocycles. The lowest BCUT2D eigenvalue weighted by atomic mass is 9.91. The molecule has 0 saturated carbocycles. The van der Waals surface area contributed by atoms with Crippen LogP contribution in [0.2, 0.25) is 0 Å². The molecule has 0 amide bonds. The maximum absolute atomic E-state index is 5.58. The zero-order valence-corrected chi connectivity index (χ0v) is 8.31. The first-order valence-electron chi connectivity index (χ1n) is 4.02. The van der Waals surface area contributed by atoms with Crippen molar-refractivity contribution in [3.05, 3.63) is 37.0 Å². The van der Waals surface area contributed by atoms with Gasteiger partial charge in [0, 0.05) is 0 Å². The van der Waals surface area contributed by atoms with Gasteiger partial charge in [0.2, 0.25) is 0 Å². The molecule has 0 spiro atoms. The standard InChI is InChI=1S/C11H18O/c1-7-8-12-11(6,9(2)3)10(4)5/h7H,1-2,4,8H2,3,5-6H3. The van der Waals surface area contributed by atoms with Gasteiger partial charge in [-0.2, -0.15) is 0 Å². The molecule has 0 aliphatic rings. The Morgan fingerprint density at radius 1 is 1.33 bits per heavy atom. The minimum Gasteiger partial charge on any atom is -0.363 e. The molecule has 0 aromatic heterocycles. The van der Waals surface area contributed by atoms with E-state index in [-0.39, 0.29) is 0 Å². The molecular formula is C11H18O. The zero-order valence-electron chi connectivity index (χ0n) is 8.31. The molecule has 0 aromatic rings. The van der Waals surface area contributed by atoms with Gasteiger partial charge < -0.3 is 4.74 Å². The lowest BCUT2D eigenvalue weighted by Gasteiger charge is -2.30. The van der Waals surface area contributed by atoms with Crippen molar-refractivity contribution >= 4 is 0 Å². The molecule has 0 saturated heterocycles. The quantitative estimate of drug-likeness (QED) is 0.570. The van der Waals surface area contributed by atoms with Crippen LogP contribution in [0.4, 0.5) is 0 Å². The predicted octanol–water partition coefficient (Wildman–Crippen LogP) is 3.10. The van der Waals surface area contributed by atoms with Crippen LogP contribution in [-0.2, 0) is 4.74 Å². The van der Waals surface area contributed by atoms with Crippen LogP contribution in [0, 0.1) is 0 Å². The fourth-order valence-corrected chi connectivity index (χ4v) is 0.836. The number of hydrogen-bond donors (Lipinski definition) is 0. The summed E-state index contributed by atoms with van der Waals surface area (Å²) in [4.78, 5) is 0. The molecule has 0 aromatic carbocycles. The van der Waals surface area contributed by atoms with E-state index in [0.29, 0.717) is 6.61 Å². The lowest BCUT2D eigenvalue weighted by molar-refractivity contribution is 0.0442. The van der Waals surface area contributed by atoms with Gasteiger partial charge in [-0.1, -0.05) is 19.2 Å². The maximum Gasteiger partial charge on any atom is 0.107 e. The summed E-state index contributed by atoms with van der Waals surface area (Å²) >= 11 is 0. The smallest absolute Gasteiger partial charge is 0.107 e. The average Bonchev–Trinajstić information content (AvgIpc) is 1.99. The molecule has 12 heavy (non-hydrogen) atoms. The number of rotatable bonds is 5. The summed E-state index contributed by atoms with van der Waals surface area (Å²) < 4.78 is 5.58. The van der Waals surface area contributed by atoms with E-state index in [1.54, 1.807) is 6.08 Å². The number of ether oxygens (including phenoxy) is 1. The highest BCUT2D eigenvalue weighted by atomic mass is 16.5. The SMILES string of the molecule is C=CCOC(C)(C(=C)C)C(=C)C. The van der Waals surface area contributed by atoms with Crippen LogP contribution < -0.4 is 0 Å². The first-order chi connectivity index (χ1) is 5.45. The van der Waals surface area contributed by atoms with Crippen molar-refractivity contribution < 1.29 is 4.74 Å². The van der Waals surface area contributed by atoms with Gasteiger partial charge in [-0.3, -0.25) is 0 Å². The first-order valence-corrected chi connectivity index (χ1v) is 4.02. The van der Waals surface area contributed by atoms with Gasteiger partial charge in [0.25, 0.3) is 0 Å². The molecule has 0 N–H and O–H groups in total. The summed E-state index contributed by atoms with van der Waals surface area (Å²) in [5.74, 6) is 0. The van der Waals surface area contributed by atoms with E-state index in [0.717, 1.165) is 11.1 Å². The Hall–Kier alpha value is -0.820. The van der Waals surface area contributed by atoms with E-state index in [4.69, 9.17) is 4.74 Å². The van der Waals surface area contributed by atoms with Crippen molar-refractivity contribution in [2.24, 2.45) is 0 Å². The van der Waals surface area contributed by atoms with Crippen LogP contribution in [-0.4, -0.2) is 12.2 Å².